The van der Waals surface area contributed by atoms with Crippen LogP contribution in [0.4, 0.5) is 4.79 Å². The van der Waals surface area contributed by atoms with Crippen LogP contribution in [-0.2, 0) is 21.3 Å². The maximum atomic E-state index is 13.0. The molecule has 2 fully saturated rings. The molecule has 1 aromatic heterocycles. The highest BCUT2D eigenvalue weighted by Crippen LogP contribution is 2.45. The molecule has 3 rings (SSSR count). The highest BCUT2D eigenvalue weighted by Gasteiger charge is 2.56. The zero-order chi connectivity index (χ0) is 19.2. The van der Waals surface area contributed by atoms with Crippen molar-refractivity contribution in [1.29, 1.82) is 0 Å². The normalized spacial score (nSPS) is 20.4. The Balaban J connectivity index is 1.74. The SMILES string of the molecule is CCCn1cc(S(=O)(=O)N2CCN(C(=O)OC(C)(C)C)C3(CC3)C2)cn1. The van der Waals surface area contributed by atoms with E-state index >= 15 is 0 Å². The first-order valence-corrected chi connectivity index (χ1v) is 10.5. The van der Waals surface area contributed by atoms with Crippen molar-refractivity contribution < 1.29 is 17.9 Å². The van der Waals surface area contributed by atoms with Gasteiger partial charge in [-0.2, -0.15) is 9.40 Å². The molecule has 26 heavy (non-hydrogen) atoms. The van der Waals surface area contributed by atoms with Crippen LogP contribution in [0.15, 0.2) is 17.3 Å². The van der Waals surface area contributed by atoms with Crippen LogP contribution in [0.5, 0.6) is 0 Å². The summed E-state index contributed by atoms with van der Waals surface area (Å²) in [7, 11) is -3.60. The molecular weight excluding hydrogens is 356 g/mol. The number of hydrogen-bond donors (Lipinski definition) is 0. The van der Waals surface area contributed by atoms with Gasteiger partial charge in [0, 0.05) is 32.4 Å². The smallest absolute Gasteiger partial charge is 0.410 e. The van der Waals surface area contributed by atoms with Gasteiger partial charge in [0.25, 0.3) is 0 Å². The van der Waals surface area contributed by atoms with Crippen molar-refractivity contribution in [2.75, 3.05) is 19.6 Å². The van der Waals surface area contributed by atoms with E-state index in [0.717, 1.165) is 19.3 Å². The first-order valence-electron chi connectivity index (χ1n) is 9.11. The van der Waals surface area contributed by atoms with Crippen LogP contribution in [0.2, 0.25) is 0 Å². The molecular formula is C17H28N4O4S. The Morgan fingerprint density at radius 1 is 1.31 bits per heavy atom. The number of rotatable bonds is 4. The van der Waals surface area contributed by atoms with Gasteiger partial charge in [-0.15, -0.1) is 0 Å². The van der Waals surface area contributed by atoms with Gasteiger partial charge in [-0.1, -0.05) is 6.92 Å². The molecule has 2 heterocycles. The summed E-state index contributed by atoms with van der Waals surface area (Å²) >= 11 is 0. The summed E-state index contributed by atoms with van der Waals surface area (Å²) in [4.78, 5) is 14.4. The molecule has 1 spiro atoms. The van der Waals surface area contributed by atoms with Gasteiger partial charge in [0.05, 0.1) is 11.7 Å². The van der Waals surface area contributed by atoms with Crippen LogP contribution in [0.25, 0.3) is 0 Å². The molecule has 0 bridgehead atoms. The molecule has 1 saturated carbocycles. The molecule has 8 nitrogen and oxygen atoms in total. The minimum Gasteiger partial charge on any atom is -0.444 e. The van der Waals surface area contributed by atoms with Gasteiger partial charge in [-0.05, 0) is 40.0 Å². The minimum absolute atomic E-state index is 0.215. The molecule has 0 radical (unpaired) electrons. The van der Waals surface area contributed by atoms with Crippen LogP contribution in [0.3, 0.4) is 0 Å². The summed E-state index contributed by atoms with van der Waals surface area (Å²) in [6.07, 6.45) is 5.12. The molecule has 1 aliphatic carbocycles. The number of carbonyl (C=O) groups excluding carboxylic acids is 1. The van der Waals surface area contributed by atoms with Crippen LogP contribution in [0.1, 0.15) is 47.0 Å². The van der Waals surface area contributed by atoms with Gasteiger partial charge < -0.3 is 4.74 Å². The lowest BCUT2D eigenvalue weighted by Gasteiger charge is -2.41. The fourth-order valence-corrected chi connectivity index (χ4v) is 4.76. The molecule has 0 aromatic carbocycles. The largest absolute Gasteiger partial charge is 0.444 e. The first-order chi connectivity index (χ1) is 12.1. The Labute approximate surface area is 155 Å². The Bertz CT molecular complexity index is 777. The van der Waals surface area contributed by atoms with Crippen molar-refractivity contribution in [3.8, 4) is 0 Å². The molecule has 2 aliphatic rings. The van der Waals surface area contributed by atoms with E-state index in [-0.39, 0.29) is 17.5 Å². The van der Waals surface area contributed by atoms with E-state index in [1.54, 1.807) is 15.8 Å². The van der Waals surface area contributed by atoms with Crippen LogP contribution < -0.4 is 0 Å². The predicted molar refractivity (Wildman–Crippen MR) is 96.2 cm³/mol. The molecule has 0 N–H and O–H groups in total. The van der Waals surface area contributed by atoms with E-state index in [2.05, 4.69) is 5.10 Å². The van der Waals surface area contributed by atoms with Crippen LogP contribution >= 0.6 is 0 Å². The average molecular weight is 385 g/mol. The van der Waals surface area contributed by atoms with E-state index in [4.69, 9.17) is 4.74 Å². The third-order valence-corrected chi connectivity index (χ3v) is 6.56. The van der Waals surface area contributed by atoms with E-state index in [1.807, 2.05) is 27.7 Å². The first kappa shape index (κ1) is 19.2. The molecule has 1 aromatic rings. The number of carbonyl (C=O) groups is 1. The number of nitrogens with zero attached hydrogens (tertiary/aromatic N) is 4. The lowest BCUT2D eigenvalue weighted by molar-refractivity contribution is 0.00164. The topological polar surface area (TPSA) is 84.7 Å². The summed E-state index contributed by atoms with van der Waals surface area (Å²) < 4.78 is 34.6. The van der Waals surface area contributed by atoms with Gasteiger partial charge in [0.2, 0.25) is 10.0 Å². The Morgan fingerprint density at radius 2 is 2.00 bits per heavy atom. The minimum atomic E-state index is -3.60. The zero-order valence-electron chi connectivity index (χ0n) is 15.9. The second-order valence-electron chi connectivity index (χ2n) is 8.13. The van der Waals surface area contributed by atoms with Crippen molar-refractivity contribution in [3.63, 3.8) is 0 Å². The predicted octanol–water partition coefficient (Wildman–Crippen LogP) is 2.07. The fourth-order valence-electron chi connectivity index (χ4n) is 3.30. The van der Waals surface area contributed by atoms with E-state index < -0.39 is 21.2 Å². The van der Waals surface area contributed by atoms with Crippen molar-refractivity contribution in [3.05, 3.63) is 12.4 Å². The highest BCUT2D eigenvalue weighted by molar-refractivity contribution is 7.89. The second-order valence-corrected chi connectivity index (χ2v) is 10.1. The molecule has 1 aliphatic heterocycles. The second kappa shape index (κ2) is 6.53. The molecule has 0 unspecified atom stereocenters. The lowest BCUT2D eigenvalue weighted by atomic mass is 10.1. The Hall–Kier alpha value is -1.61. The zero-order valence-corrected chi connectivity index (χ0v) is 16.8. The van der Waals surface area contributed by atoms with Gasteiger partial charge in [-0.25, -0.2) is 13.2 Å². The number of aryl methyl sites for hydroxylation is 1. The van der Waals surface area contributed by atoms with Gasteiger partial charge >= 0.3 is 6.09 Å². The monoisotopic (exact) mass is 384 g/mol. The quantitative estimate of drug-likeness (QED) is 0.793. The number of hydrogen-bond acceptors (Lipinski definition) is 5. The summed E-state index contributed by atoms with van der Waals surface area (Å²) in [5.41, 5.74) is -0.989. The maximum absolute atomic E-state index is 13.0. The van der Waals surface area contributed by atoms with E-state index in [0.29, 0.717) is 19.6 Å². The van der Waals surface area contributed by atoms with Crippen LogP contribution in [-0.4, -0.2) is 64.3 Å². The number of ether oxygens (including phenoxy) is 1. The maximum Gasteiger partial charge on any atom is 0.410 e. The summed E-state index contributed by atoms with van der Waals surface area (Å²) in [6.45, 7) is 9.12. The standard InChI is InChI=1S/C17H28N4O4S/c1-5-8-19-12-14(11-18-19)26(23,24)20-9-10-21(17(13-20)6-7-17)15(22)25-16(2,3)4/h11-12H,5-10,13H2,1-4H3. The molecule has 1 amide bonds. The van der Waals surface area contributed by atoms with Gasteiger partial charge in [0.1, 0.15) is 10.5 Å². The molecule has 0 atom stereocenters. The van der Waals surface area contributed by atoms with Crippen molar-refractivity contribution in [2.45, 2.75) is 69.5 Å². The number of sulfonamides is 1. The third kappa shape index (κ3) is 3.73. The molecule has 146 valence electrons. The van der Waals surface area contributed by atoms with E-state index in [1.165, 1.54) is 10.5 Å². The van der Waals surface area contributed by atoms with Gasteiger partial charge in [0.15, 0.2) is 0 Å². The number of aromatic nitrogens is 2. The Kier molecular flexibility index (Phi) is 4.81. The van der Waals surface area contributed by atoms with Crippen LogP contribution in [0, 0.1) is 0 Å². The number of piperazine rings is 1. The van der Waals surface area contributed by atoms with Crippen molar-refractivity contribution >= 4 is 16.1 Å². The molecule has 9 heteroatoms. The Morgan fingerprint density at radius 3 is 2.58 bits per heavy atom. The number of amides is 1. The highest BCUT2D eigenvalue weighted by atomic mass is 32.2. The summed E-state index contributed by atoms with van der Waals surface area (Å²) in [6, 6.07) is 0. The van der Waals surface area contributed by atoms with Crippen molar-refractivity contribution in [2.24, 2.45) is 0 Å². The summed E-state index contributed by atoms with van der Waals surface area (Å²) in [5, 5.41) is 4.13. The van der Waals surface area contributed by atoms with Gasteiger partial charge in [-0.3, -0.25) is 9.58 Å². The lowest BCUT2D eigenvalue weighted by Crippen LogP contribution is -2.58. The third-order valence-electron chi connectivity index (χ3n) is 4.76. The molecule has 1 saturated heterocycles. The van der Waals surface area contributed by atoms with E-state index in [9.17, 15) is 13.2 Å². The summed E-state index contributed by atoms with van der Waals surface area (Å²) in [5.74, 6) is 0. The fraction of sp³-hybridized carbons (Fsp3) is 0.765. The van der Waals surface area contributed by atoms with Crippen molar-refractivity contribution in [1.82, 2.24) is 19.0 Å². The average Bonchev–Trinajstić information content (AvgIpc) is 3.10.